The SMILES string of the molecule is COc1cccc(F)c1F.NSc1cc(NC(=O)C2CCCN(c3ccc(F)cc3)C2)ccn1. The molecule has 0 aliphatic carbocycles. The molecule has 0 bridgehead atoms. The average Bonchev–Trinajstić information content (AvgIpc) is 2.87. The smallest absolute Gasteiger partial charge is 0.229 e. The largest absolute Gasteiger partial charge is 0.494 e. The van der Waals surface area contributed by atoms with Gasteiger partial charge < -0.3 is 15.0 Å². The number of anilines is 2. The normalized spacial score (nSPS) is 15.2. The van der Waals surface area contributed by atoms with E-state index >= 15 is 0 Å². The van der Waals surface area contributed by atoms with E-state index < -0.39 is 11.6 Å². The van der Waals surface area contributed by atoms with Gasteiger partial charge in [0, 0.05) is 30.7 Å². The molecule has 2 aromatic carbocycles. The van der Waals surface area contributed by atoms with Crippen LogP contribution in [0.5, 0.6) is 5.75 Å². The first-order valence-corrected chi connectivity index (χ1v) is 11.4. The van der Waals surface area contributed by atoms with Crippen LogP contribution in [0.25, 0.3) is 0 Å². The summed E-state index contributed by atoms with van der Waals surface area (Å²) in [6.45, 7) is 1.50. The number of carbonyl (C=O) groups excluding carboxylic acids is 1. The molecule has 1 aromatic heterocycles. The lowest BCUT2D eigenvalue weighted by atomic mass is 9.96. The number of carbonyl (C=O) groups is 1. The molecule has 1 aliphatic heterocycles. The maximum Gasteiger partial charge on any atom is 0.229 e. The third-order valence-corrected chi connectivity index (χ3v) is 5.71. The number of amides is 1. The van der Waals surface area contributed by atoms with Crippen molar-refractivity contribution in [2.24, 2.45) is 11.1 Å². The quantitative estimate of drug-likeness (QED) is 0.489. The zero-order valence-corrected chi connectivity index (χ0v) is 19.3. The van der Waals surface area contributed by atoms with E-state index in [0.29, 0.717) is 17.3 Å². The summed E-state index contributed by atoms with van der Waals surface area (Å²) in [5.41, 5.74) is 1.64. The number of aromatic nitrogens is 1. The van der Waals surface area contributed by atoms with Gasteiger partial charge >= 0.3 is 0 Å². The number of hydrogen-bond acceptors (Lipinski definition) is 6. The van der Waals surface area contributed by atoms with E-state index in [9.17, 15) is 18.0 Å². The van der Waals surface area contributed by atoms with Crippen LogP contribution in [0, 0.1) is 23.4 Å². The molecule has 180 valence electrons. The highest BCUT2D eigenvalue weighted by Crippen LogP contribution is 2.25. The van der Waals surface area contributed by atoms with Crippen molar-refractivity contribution >= 4 is 29.2 Å². The molecule has 1 fully saturated rings. The van der Waals surface area contributed by atoms with Gasteiger partial charge in [-0.05, 0) is 73.3 Å². The molecule has 1 aliphatic rings. The fourth-order valence-corrected chi connectivity index (χ4v) is 3.83. The molecule has 1 amide bonds. The molecule has 0 radical (unpaired) electrons. The minimum absolute atomic E-state index is 0.0130. The first-order valence-electron chi connectivity index (χ1n) is 10.5. The molecule has 34 heavy (non-hydrogen) atoms. The topological polar surface area (TPSA) is 80.5 Å². The lowest BCUT2D eigenvalue weighted by Gasteiger charge is -2.33. The number of nitrogens with two attached hydrogens (primary N) is 1. The second kappa shape index (κ2) is 12.3. The predicted molar refractivity (Wildman–Crippen MR) is 127 cm³/mol. The van der Waals surface area contributed by atoms with Crippen molar-refractivity contribution in [3.05, 3.63) is 78.2 Å². The van der Waals surface area contributed by atoms with E-state index in [2.05, 4.69) is 19.9 Å². The number of nitrogens with one attached hydrogen (secondary N) is 1. The summed E-state index contributed by atoms with van der Waals surface area (Å²) < 4.78 is 42.4. The van der Waals surface area contributed by atoms with E-state index in [-0.39, 0.29) is 23.4 Å². The summed E-state index contributed by atoms with van der Waals surface area (Å²) in [4.78, 5) is 18.8. The van der Waals surface area contributed by atoms with Crippen molar-refractivity contribution in [2.45, 2.75) is 17.9 Å². The highest BCUT2D eigenvalue weighted by atomic mass is 32.2. The Morgan fingerprint density at radius 1 is 1.18 bits per heavy atom. The van der Waals surface area contributed by atoms with Crippen molar-refractivity contribution in [3.8, 4) is 5.75 Å². The summed E-state index contributed by atoms with van der Waals surface area (Å²) in [5.74, 6) is -2.27. The van der Waals surface area contributed by atoms with Crippen molar-refractivity contribution < 1.29 is 22.7 Å². The number of benzene rings is 2. The fraction of sp³-hybridized carbons (Fsp3) is 0.250. The fourth-order valence-electron chi connectivity index (χ4n) is 3.52. The van der Waals surface area contributed by atoms with Crippen LogP contribution < -0.4 is 20.1 Å². The molecular weight excluding hydrogens is 465 g/mol. The number of pyridine rings is 1. The van der Waals surface area contributed by atoms with Crippen molar-refractivity contribution in [2.75, 3.05) is 30.4 Å². The van der Waals surface area contributed by atoms with Crippen LogP contribution in [0.15, 0.2) is 65.8 Å². The third-order valence-electron chi connectivity index (χ3n) is 5.24. The van der Waals surface area contributed by atoms with Gasteiger partial charge in [0.1, 0.15) is 10.8 Å². The minimum Gasteiger partial charge on any atom is -0.494 e. The van der Waals surface area contributed by atoms with E-state index in [0.717, 1.165) is 43.1 Å². The zero-order valence-electron chi connectivity index (χ0n) is 18.5. The Bertz CT molecular complexity index is 1100. The minimum atomic E-state index is -0.940. The number of nitrogens with zero attached hydrogens (tertiary/aromatic N) is 2. The summed E-state index contributed by atoms with van der Waals surface area (Å²) >= 11 is 1.04. The van der Waals surface area contributed by atoms with Gasteiger partial charge in [0.05, 0.1) is 13.0 Å². The Hall–Kier alpha value is -3.24. The molecule has 6 nitrogen and oxygen atoms in total. The Kier molecular flexibility index (Phi) is 9.17. The number of halogens is 3. The van der Waals surface area contributed by atoms with Crippen LogP contribution in [-0.4, -0.2) is 31.1 Å². The molecule has 3 N–H and O–H groups in total. The third kappa shape index (κ3) is 6.88. The maximum absolute atomic E-state index is 13.1. The van der Waals surface area contributed by atoms with Gasteiger partial charge in [-0.25, -0.2) is 13.8 Å². The van der Waals surface area contributed by atoms with Gasteiger partial charge in [0.25, 0.3) is 0 Å². The van der Waals surface area contributed by atoms with Crippen LogP contribution in [0.3, 0.4) is 0 Å². The number of methoxy groups -OCH3 is 1. The number of ether oxygens (including phenoxy) is 1. The van der Waals surface area contributed by atoms with Crippen molar-refractivity contribution in [3.63, 3.8) is 0 Å². The highest BCUT2D eigenvalue weighted by Gasteiger charge is 2.26. The first kappa shape index (κ1) is 25.4. The summed E-state index contributed by atoms with van der Waals surface area (Å²) in [6, 6.07) is 13.7. The van der Waals surface area contributed by atoms with Crippen LogP contribution in [-0.2, 0) is 4.79 Å². The molecule has 4 rings (SSSR count). The van der Waals surface area contributed by atoms with Gasteiger partial charge in [0.2, 0.25) is 11.7 Å². The highest BCUT2D eigenvalue weighted by molar-refractivity contribution is 7.97. The molecule has 0 spiro atoms. The number of rotatable bonds is 5. The molecule has 0 saturated carbocycles. The molecule has 10 heteroatoms. The molecular formula is C24H25F3N4O2S. The lowest BCUT2D eigenvalue weighted by Crippen LogP contribution is -2.40. The van der Waals surface area contributed by atoms with Crippen LogP contribution >= 0.6 is 11.9 Å². The monoisotopic (exact) mass is 490 g/mol. The standard InChI is InChI=1S/C17H19FN4OS.C7H6F2O/c18-13-3-5-15(6-4-13)22-9-1-2-12(11-22)17(23)21-14-7-8-20-16(10-14)24-19;1-10-6-4-2-3-5(8)7(6)9/h3-8,10,12H,1-2,9,11,19H2,(H,20,21,23);2-4H,1H3. The summed E-state index contributed by atoms with van der Waals surface area (Å²) in [6.07, 6.45) is 3.39. The molecule has 2 heterocycles. The Morgan fingerprint density at radius 3 is 2.62 bits per heavy atom. The van der Waals surface area contributed by atoms with E-state index in [4.69, 9.17) is 5.14 Å². The van der Waals surface area contributed by atoms with Crippen LogP contribution in [0.1, 0.15) is 12.8 Å². The van der Waals surface area contributed by atoms with Gasteiger partial charge in [-0.2, -0.15) is 4.39 Å². The Morgan fingerprint density at radius 2 is 1.94 bits per heavy atom. The Balaban J connectivity index is 0.000000271. The van der Waals surface area contributed by atoms with Gasteiger partial charge in [0.15, 0.2) is 11.6 Å². The first-order chi connectivity index (χ1) is 16.4. The van der Waals surface area contributed by atoms with E-state index in [1.807, 2.05) is 0 Å². The number of piperidine rings is 1. The van der Waals surface area contributed by atoms with Gasteiger partial charge in [-0.15, -0.1) is 0 Å². The summed E-state index contributed by atoms with van der Waals surface area (Å²) in [7, 11) is 1.29. The molecule has 1 saturated heterocycles. The molecule has 1 atom stereocenters. The zero-order chi connectivity index (χ0) is 24.5. The second-order valence-electron chi connectivity index (χ2n) is 7.51. The molecule has 3 aromatic rings. The van der Waals surface area contributed by atoms with Gasteiger partial charge in [-0.3, -0.25) is 9.93 Å². The number of hydrogen-bond donors (Lipinski definition) is 2. The lowest BCUT2D eigenvalue weighted by molar-refractivity contribution is -0.120. The maximum atomic E-state index is 13.1. The second-order valence-corrected chi connectivity index (χ2v) is 8.16. The van der Waals surface area contributed by atoms with Crippen LogP contribution in [0.2, 0.25) is 0 Å². The molecule has 1 unspecified atom stereocenters. The van der Waals surface area contributed by atoms with Gasteiger partial charge in [-0.1, -0.05) is 6.07 Å². The predicted octanol–water partition coefficient (Wildman–Crippen LogP) is 5.02. The van der Waals surface area contributed by atoms with Crippen molar-refractivity contribution in [1.29, 1.82) is 0 Å². The average molecular weight is 491 g/mol. The Labute approximate surface area is 200 Å². The van der Waals surface area contributed by atoms with Crippen LogP contribution in [0.4, 0.5) is 24.5 Å². The van der Waals surface area contributed by atoms with Crippen molar-refractivity contribution in [1.82, 2.24) is 4.98 Å². The summed E-state index contributed by atoms with van der Waals surface area (Å²) in [5, 5.41) is 9.08. The van der Waals surface area contributed by atoms with E-state index in [1.165, 1.54) is 31.4 Å². The van der Waals surface area contributed by atoms with E-state index in [1.54, 1.807) is 30.5 Å².